The maximum Gasteiger partial charge on any atom is 0.126 e. The third-order valence-corrected chi connectivity index (χ3v) is 6.66. The lowest BCUT2D eigenvalue weighted by Crippen LogP contribution is -2.49. The van der Waals surface area contributed by atoms with Crippen LogP contribution >= 0.6 is 11.3 Å². The van der Waals surface area contributed by atoms with Gasteiger partial charge in [-0.05, 0) is 37.6 Å². The minimum absolute atomic E-state index is 0.788. The molecule has 1 saturated carbocycles. The number of aryl methyl sites for hydroxylation is 1. The summed E-state index contributed by atoms with van der Waals surface area (Å²) in [6, 6.07) is 0.788. The number of likely N-dealkylation sites (tertiary alicyclic amines) is 1. The van der Waals surface area contributed by atoms with Gasteiger partial charge in [-0.25, -0.2) is 4.98 Å². The highest BCUT2D eigenvalue weighted by molar-refractivity contribution is 7.13. The summed E-state index contributed by atoms with van der Waals surface area (Å²) in [7, 11) is 1.95. The van der Waals surface area contributed by atoms with Crippen molar-refractivity contribution >= 4 is 11.3 Å². The summed E-state index contributed by atoms with van der Waals surface area (Å²) in [5.74, 6) is 1.81. The first-order chi connectivity index (χ1) is 11.2. The van der Waals surface area contributed by atoms with Crippen molar-refractivity contribution in [2.45, 2.75) is 51.6 Å². The molecular formula is C18H26N4S. The monoisotopic (exact) mass is 330 g/mol. The molecule has 0 radical (unpaired) electrons. The Balaban J connectivity index is 1.48. The SMILES string of the molecule is C[C@@H]1CCN(Cc2csc(-c3cnn(C)c3)n2)[C@H]2CCCC[C@@H]12. The van der Waals surface area contributed by atoms with E-state index in [1.165, 1.54) is 44.3 Å². The molecule has 0 amide bonds. The van der Waals surface area contributed by atoms with Gasteiger partial charge in [0.25, 0.3) is 0 Å². The molecule has 0 bridgehead atoms. The van der Waals surface area contributed by atoms with Gasteiger partial charge >= 0.3 is 0 Å². The number of fused-ring (bicyclic) bond motifs is 1. The highest BCUT2D eigenvalue weighted by atomic mass is 32.1. The van der Waals surface area contributed by atoms with Crippen LogP contribution in [0.1, 0.15) is 44.7 Å². The smallest absolute Gasteiger partial charge is 0.126 e. The molecule has 0 unspecified atom stereocenters. The molecule has 4 rings (SSSR count). The van der Waals surface area contributed by atoms with Crippen LogP contribution in [0.2, 0.25) is 0 Å². The van der Waals surface area contributed by atoms with Crippen LogP contribution in [0.5, 0.6) is 0 Å². The fourth-order valence-corrected chi connectivity index (χ4v) is 5.24. The molecule has 124 valence electrons. The molecule has 0 aromatic carbocycles. The van der Waals surface area contributed by atoms with E-state index < -0.39 is 0 Å². The molecule has 1 aliphatic carbocycles. The lowest BCUT2D eigenvalue weighted by Gasteiger charge is -2.47. The van der Waals surface area contributed by atoms with E-state index in [1.807, 2.05) is 24.1 Å². The van der Waals surface area contributed by atoms with Crippen LogP contribution in [-0.2, 0) is 13.6 Å². The van der Waals surface area contributed by atoms with E-state index in [1.54, 1.807) is 11.3 Å². The Hall–Kier alpha value is -1.20. The Labute approximate surface area is 142 Å². The molecule has 2 aromatic heterocycles. The van der Waals surface area contributed by atoms with Gasteiger partial charge in [-0.15, -0.1) is 11.3 Å². The maximum absolute atomic E-state index is 4.87. The van der Waals surface area contributed by atoms with Crippen LogP contribution in [0.15, 0.2) is 17.8 Å². The fraction of sp³-hybridized carbons (Fsp3) is 0.667. The van der Waals surface area contributed by atoms with Crippen LogP contribution < -0.4 is 0 Å². The molecule has 0 spiro atoms. The fourth-order valence-electron chi connectivity index (χ4n) is 4.45. The highest BCUT2D eigenvalue weighted by Crippen LogP contribution is 2.39. The van der Waals surface area contributed by atoms with Gasteiger partial charge in [0.1, 0.15) is 5.01 Å². The maximum atomic E-state index is 4.87. The molecule has 3 atom stereocenters. The Morgan fingerprint density at radius 3 is 2.96 bits per heavy atom. The van der Waals surface area contributed by atoms with Gasteiger partial charge in [0.05, 0.1) is 11.9 Å². The quantitative estimate of drug-likeness (QED) is 0.854. The molecule has 4 nitrogen and oxygen atoms in total. The van der Waals surface area contributed by atoms with E-state index in [-0.39, 0.29) is 0 Å². The van der Waals surface area contributed by atoms with E-state index in [4.69, 9.17) is 4.98 Å². The lowest BCUT2D eigenvalue weighted by molar-refractivity contribution is 0.0198. The first-order valence-corrected chi connectivity index (χ1v) is 9.76. The molecule has 2 aromatic rings. The minimum atomic E-state index is 0.788. The van der Waals surface area contributed by atoms with E-state index in [0.717, 1.165) is 35.0 Å². The molecule has 2 fully saturated rings. The highest BCUT2D eigenvalue weighted by Gasteiger charge is 2.37. The molecule has 5 heteroatoms. The van der Waals surface area contributed by atoms with Gasteiger partial charge < -0.3 is 0 Å². The van der Waals surface area contributed by atoms with Gasteiger partial charge in [-0.1, -0.05) is 19.8 Å². The Bertz CT molecular complexity index is 662. The van der Waals surface area contributed by atoms with Crippen molar-refractivity contribution in [2.24, 2.45) is 18.9 Å². The van der Waals surface area contributed by atoms with Crippen molar-refractivity contribution in [1.82, 2.24) is 19.7 Å². The summed E-state index contributed by atoms with van der Waals surface area (Å²) in [5.41, 5.74) is 2.36. The van der Waals surface area contributed by atoms with Crippen LogP contribution in [0.25, 0.3) is 10.6 Å². The van der Waals surface area contributed by atoms with Crippen LogP contribution in [0.3, 0.4) is 0 Å². The first-order valence-electron chi connectivity index (χ1n) is 8.88. The Morgan fingerprint density at radius 1 is 1.26 bits per heavy atom. The van der Waals surface area contributed by atoms with Crippen molar-refractivity contribution in [3.63, 3.8) is 0 Å². The van der Waals surface area contributed by atoms with Gasteiger partial charge in [0, 0.05) is 36.8 Å². The summed E-state index contributed by atoms with van der Waals surface area (Å²) in [6.07, 6.45) is 10.9. The number of nitrogens with zero attached hydrogens (tertiary/aromatic N) is 4. The second-order valence-electron chi connectivity index (χ2n) is 7.30. The zero-order valence-corrected chi connectivity index (χ0v) is 14.9. The second-order valence-corrected chi connectivity index (χ2v) is 8.16. The summed E-state index contributed by atoms with van der Waals surface area (Å²) >= 11 is 1.74. The summed E-state index contributed by atoms with van der Waals surface area (Å²) in [5, 5.41) is 7.58. The van der Waals surface area contributed by atoms with E-state index in [2.05, 4.69) is 22.3 Å². The molecule has 2 aliphatic rings. The van der Waals surface area contributed by atoms with E-state index in [0.29, 0.717) is 0 Å². The van der Waals surface area contributed by atoms with Gasteiger partial charge in [0.2, 0.25) is 0 Å². The average Bonchev–Trinajstić information content (AvgIpc) is 3.19. The van der Waals surface area contributed by atoms with Crippen LogP contribution in [-0.4, -0.2) is 32.3 Å². The predicted octanol–water partition coefficient (Wildman–Crippen LogP) is 3.94. The Morgan fingerprint density at radius 2 is 2.13 bits per heavy atom. The number of piperidine rings is 1. The molecule has 1 aliphatic heterocycles. The van der Waals surface area contributed by atoms with Crippen LogP contribution in [0.4, 0.5) is 0 Å². The molecule has 0 N–H and O–H groups in total. The summed E-state index contributed by atoms with van der Waals surface area (Å²) in [4.78, 5) is 7.58. The zero-order chi connectivity index (χ0) is 15.8. The van der Waals surface area contributed by atoms with Crippen molar-refractivity contribution < 1.29 is 0 Å². The third kappa shape index (κ3) is 3.09. The van der Waals surface area contributed by atoms with Crippen molar-refractivity contribution in [3.8, 4) is 10.6 Å². The van der Waals surface area contributed by atoms with Gasteiger partial charge in [0.15, 0.2) is 0 Å². The summed E-state index contributed by atoms with van der Waals surface area (Å²) < 4.78 is 1.84. The normalized spacial score (nSPS) is 28.7. The number of hydrogen-bond acceptors (Lipinski definition) is 4. The van der Waals surface area contributed by atoms with E-state index in [9.17, 15) is 0 Å². The topological polar surface area (TPSA) is 34.0 Å². The van der Waals surface area contributed by atoms with Crippen molar-refractivity contribution in [1.29, 1.82) is 0 Å². The predicted molar refractivity (Wildman–Crippen MR) is 94.3 cm³/mol. The number of aromatic nitrogens is 3. The van der Waals surface area contributed by atoms with Gasteiger partial charge in [-0.3, -0.25) is 9.58 Å². The largest absolute Gasteiger partial charge is 0.294 e. The summed E-state index contributed by atoms with van der Waals surface area (Å²) in [6.45, 7) is 4.72. The third-order valence-electron chi connectivity index (χ3n) is 5.72. The number of hydrogen-bond donors (Lipinski definition) is 0. The molecule has 1 saturated heterocycles. The zero-order valence-electron chi connectivity index (χ0n) is 14.1. The van der Waals surface area contributed by atoms with Crippen LogP contribution in [0, 0.1) is 11.8 Å². The number of thiazole rings is 1. The second kappa shape index (κ2) is 6.36. The molecule has 3 heterocycles. The van der Waals surface area contributed by atoms with Crippen molar-refractivity contribution in [2.75, 3.05) is 6.54 Å². The van der Waals surface area contributed by atoms with E-state index >= 15 is 0 Å². The minimum Gasteiger partial charge on any atom is -0.294 e. The standard InChI is InChI=1S/C18H26N4S/c1-13-7-8-22(17-6-4-3-5-16(13)17)11-15-12-23-18(20-15)14-9-19-21(2)10-14/h9-10,12-13,16-17H,3-8,11H2,1-2H3/t13-,16+,17+/m1/s1. The lowest BCUT2D eigenvalue weighted by atomic mass is 9.72. The average molecular weight is 331 g/mol. The van der Waals surface area contributed by atoms with Gasteiger partial charge in [-0.2, -0.15) is 5.10 Å². The molecular weight excluding hydrogens is 304 g/mol. The molecule has 23 heavy (non-hydrogen) atoms. The number of rotatable bonds is 3. The van der Waals surface area contributed by atoms with Crippen molar-refractivity contribution in [3.05, 3.63) is 23.5 Å². The first kappa shape index (κ1) is 15.3. The Kier molecular flexibility index (Phi) is 4.24.